The molecule has 0 amide bonds. The summed E-state index contributed by atoms with van der Waals surface area (Å²) >= 11 is 3.63. The summed E-state index contributed by atoms with van der Waals surface area (Å²) in [6.45, 7) is 3.22. The highest BCUT2D eigenvalue weighted by Crippen LogP contribution is 2.32. The molecule has 1 heterocycles. The Morgan fingerprint density at radius 1 is 1.20 bits per heavy atom. The smallest absolute Gasteiger partial charge is 0.136 e. The quantitative estimate of drug-likeness (QED) is 0.772. The van der Waals surface area contributed by atoms with Crippen molar-refractivity contribution in [2.75, 3.05) is 0 Å². The van der Waals surface area contributed by atoms with Gasteiger partial charge in [0, 0.05) is 17.8 Å². The maximum atomic E-state index is 4.70. The molecule has 0 N–H and O–H groups in total. The summed E-state index contributed by atoms with van der Waals surface area (Å²) in [5, 5.41) is 4.70. The monoisotopic (exact) mass is 331 g/mol. The van der Waals surface area contributed by atoms with Gasteiger partial charge in [0.1, 0.15) is 4.60 Å². The fourth-order valence-electron chi connectivity index (χ4n) is 3.04. The first-order valence-electron chi connectivity index (χ1n) is 7.35. The Hall–Kier alpha value is -1.09. The zero-order chi connectivity index (χ0) is 13.9. The zero-order valence-corrected chi connectivity index (χ0v) is 13.4. The van der Waals surface area contributed by atoms with Gasteiger partial charge in [0.2, 0.25) is 0 Å². The van der Waals surface area contributed by atoms with Crippen molar-refractivity contribution in [1.82, 2.24) is 9.78 Å². The fraction of sp³-hybridized carbons (Fsp3) is 0.412. The molecule has 1 aliphatic rings. The molecule has 0 bridgehead atoms. The molecule has 1 aromatic carbocycles. The summed E-state index contributed by atoms with van der Waals surface area (Å²) in [5.74, 6) is 0.772. The average molecular weight is 332 g/mol. The van der Waals surface area contributed by atoms with Gasteiger partial charge in [0.05, 0.1) is 0 Å². The normalized spacial score (nSPS) is 16.5. The van der Waals surface area contributed by atoms with Gasteiger partial charge in [-0.25, -0.2) is 0 Å². The van der Waals surface area contributed by atoms with Gasteiger partial charge in [-0.1, -0.05) is 30.3 Å². The van der Waals surface area contributed by atoms with Crippen LogP contribution in [0.4, 0.5) is 0 Å². The van der Waals surface area contributed by atoms with Crippen LogP contribution < -0.4 is 0 Å². The van der Waals surface area contributed by atoms with E-state index in [1.54, 1.807) is 0 Å². The minimum Gasteiger partial charge on any atom is -0.268 e. The van der Waals surface area contributed by atoms with Crippen molar-refractivity contribution < 1.29 is 0 Å². The molecular formula is C17H20BrN2. The predicted octanol–water partition coefficient (Wildman–Crippen LogP) is 5.02. The Morgan fingerprint density at radius 2 is 1.90 bits per heavy atom. The molecular weight excluding hydrogens is 312 g/mol. The maximum absolute atomic E-state index is 4.70. The van der Waals surface area contributed by atoms with Gasteiger partial charge >= 0.3 is 0 Å². The first-order chi connectivity index (χ1) is 9.75. The van der Waals surface area contributed by atoms with E-state index in [-0.39, 0.29) is 0 Å². The van der Waals surface area contributed by atoms with Crippen molar-refractivity contribution in [3.63, 3.8) is 0 Å². The Bertz CT molecular complexity index is 568. The van der Waals surface area contributed by atoms with Crippen molar-refractivity contribution >= 4 is 15.9 Å². The van der Waals surface area contributed by atoms with Gasteiger partial charge in [-0.3, -0.25) is 4.68 Å². The van der Waals surface area contributed by atoms with Crippen LogP contribution in [-0.2, 0) is 6.54 Å². The molecule has 20 heavy (non-hydrogen) atoms. The van der Waals surface area contributed by atoms with Crippen LogP contribution >= 0.6 is 15.9 Å². The second kappa shape index (κ2) is 6.13. The number of nitrogens with zero attached hydrogens (tertiary/aromatic N) is 2. The first-order valence-corrected chi connectivity index (χ1v) is 8.15. The lowest BCUT2D eigenvalue weighted by molar-refractivity contribution is 0.337. The summed E-state index contributed by atoms with van der Waals surface area (Å²) in [4.78, 5) is 0. The van der Waals surface area contributed by atoms with E-state index < -0.39 is 0 Å². The molecule has 0 atom stereocenters. The highest BCUT2D eigenvalue weighted by molar-refractivity contribution is 9.10. The molecule has 3 heteroatoms. The Kier molecular flexibility index (Phi) is 4.25. The van der Waals surface area contributed by atoms with E-state index in [1.165, 1.54) is 42.5 Å². The highest BCUT2D eigenvalue weighted by Gasteiger charge is 2.19. The average Bonchev–Trinajstić information content (AvgIpc) is 2.75. The Labute approximate surface area is 129 Å². The Morgan fingerprint density at radius 3 is 2.60 bits per heavy atom. The van der Waals surface area contributed by atoms with Gasteiger partial charge in [0.15, 0.2) is 0 Å². The lowest BCUT2D eigenvalue weighted by atomic mass is 9.89. The van der Waals surface area contributed by atoms with Crippen LogP contribution in [0.2, 0.25) is 0 Å². The van der Waals surface area contributed by atoms with E-state index in [0.29, 0.717) is 0 Å². The standard InChI is InChI=1S/C17H20BrN2/c1-13-16(15-10-6-3-7-11-15)17(18)19-20(13)12-14-8-4-2-5-9-14/h2-3,6-7,10-11,14H,4-5,8-9,12H2,1H3. The number of halogens is 1. The molecule has 105 valence electrons. The molecule has 0 saturated heterocycles. The molecule has 0 aliphatic heterocycles. The van der Waals surface area contributed by atoms with E-state index in [0.717, 1.165) is 17.1 Å². The van der Waals surface area contributed by atoms with Crippen LogP contribution in [0.3, 0.4) is 0 Å². The van der Waals surface area contributed by atoms with Crippen molar-refractivity contribution in [2.45, 2.75) is 39.2 Å². The van der Waals surface area contributed by atoms with Crippen LogP contribution in [0.25, 0.3) is 11.1 Å². The largest absolute Gasteiger partial charge is 0.268 e. The number of hydrogen-bond acceptors (Lipinski definition) is 1. The van der Waals surface area contributed by atoms with Crippen LogP contribution in [0.15, 0.2) is 34.9 Å². The third kappa shape index (κ3) is 2.83. The van der Waals surface area contributed by atoms with Crippen LogP contribution in [0, 0.1) is 19.3 Å². The minimum atomic E-state index is 0.772. The summed E-state index contributed by atoms with van der Waals surface area (Å²) in [7, 11) is 0. The van der Waals surface area contributed by atoms with Gasteiger partial charge in [0.25, 0.3) is 0 Å². The first kappa shape index (κ1) is 13.9. The van der Waals surface area contributed by atoms with Gasteiger partial charge in [-0.15, -0.1) is 0 Å². The molecule has 1 aromatic heterocycles. The van der Waals surface area contributed by atoms with E-state index in [4.69, 9.17) is 5.10 Å². The van der Waals surface area contributed by atoms with Crippen LogP contribution in [0.1, 0.15) is 31.4 Å². The van der Waals surface area contributed by atoms with Gasteiger partial charge in [-0.05, 0) is 66.4 Å². The molecule has 2 nitrogen and oxygen atoms in total. The van der Waals surface area contributed by atoms with Crippen molar-refractivity contribution in [1.29, 1.82) is 0 Å². The molecule has 1 fully saturated rings. The zero-order valence-electron chi connectivity index (χ0n) is 11.8. The summed E-state index contributed by atoms with van der Waals surface area (Å²) in [5.41, 5.74) is 3.73. The molecule has 1 aliphatic carbocycles. The molecule has 1 radical (unpaired) electrons. The predicted molar refractivity (Wildman–Crippen MR) is 86.4 cm³/mol. The van der Waals surface area contributed by atoms with Crippen molar-refractivity contribution in [3.8, 4) is 11.1 Å². The van der Waals surface area contributed by atoms with Crippen molar-refractivity contribution in [3.05, 3.63) is 47.0 Å². The lowest BCUT2D eigenvalue weighted by Crippen LogP contribution is -2.16. The van der Waals surface area contributed by atoms with E-state index in [1.807, 2.05) is 0 Å². The molecule has 1 saturated carbocycles. The summed E-state index contributed by atoms with van der Waals surface area (Å²) in [6, 6.07) is 10.5. The maximum Gasteiger partial charge on any atom is 0.136 e. The summed E-state index contributed by atoms with van der Waals surface area (Å²) in [6.07, 6.45) is 7.54. The highest BCUT2D eigenvalue weighted by atomic mass is 79.9. The topological polar surface area (TPSA) is 17.8 Å². The number of aromatic nitrogens is 2. The second-order valence-corrected chi connectivity index (χ2v) is 6.36. The Balaban J connectivity index is 1.87. The van der Waals surface area contributed by atoms with E-state index in [9.17, 15) is 0 Å². The lowest BCUT2D eigenvalue weighted by Gasteiger charge is -2.21. The molecule has 0 spiro atoms. The number of rotatable bonds is 3. The third-order valence-corrected chi connectivity index (χ3v) is 4.77. The molecule has 3 rings (SSSR count). The number of hydrogen-bond donors (Lipinski definition) is 0. The second-order valence-electron chi connectivity index (χ2n) is 5.61. The SMILES string of the molecule is Cc1c(-c2ccccc2)c(Br)nn1CC1CC[CH]CC1. The molecule has 0 unspecified atom stereocenters. The van der Waals surface area contributed by atoms with Crippen LogP contribution in [-0.4, -0.2) is 9.78 Å². The summed E-state index contributed by atoms with van der Waals surface area (Å²) < 4.78 is 3.14. The van der Waals surface area contributed by atoms with Crippen molar-refractivity contribution in [2.24, 2.45) is 5.92 Å². The molecule has 2 aromatic rings. The van der Waals surface area contributed by atoms with E-state index >= 15 is 0 Å². The number of benzene rings is 1. The minimum absolute atomic E-state index is 0.772. The fourth-order valence-corrected chi connectivity index (χ4v) is 3.75. The van der Waals surface area contributed by atoms with Gasteiger partial charge in [-0.2, -0.15) is 5.10 Å². The van der Waals surface area contributed by atoms with Gasteiger partial charge < -0.3 is 0 Å². The van der Waals surface area contributed by atoms with E-state index in [2.05, 4.69) is 64.3 Å². The van der Waals surface area contributed by atoms with Crippen LogP contribution in [0.5, 0.6) is 0 Å². The third-order valence-electron chi connectivity index (χ3n) is 4.22.